The van der Waals surface area contributed by atoms with Gasteiger partial charge in [0.1, 0.15) is 5.82 Å². The third-order valence-electron chi connectivity index (χ3n) is 3.88. The fourth-order valence-corrected chi connectivity index (χ4v) is 2.80. The molecule has 0 radical (unpaired) electrons. The van der Waals surface area contributed by atoms with Crippen LogP contribution in [0.5, 0.6) is 0 Å². The van der Waals surface area contributed by atoms with Crippen LogP contribution in [-0.2, 0) is 0 Å². The number of ketones is 1. The van der Waals surface area contributed by atoms with E-state index in [-0.39, 0.29) is 11.3 Å². The number of hydrogen-bond donors (Lipinski definition) is 0. The molecule has 2 rings (SSSR count). The molecule has 104 valence electrons. The van der Waals surface area contributed by atoms with Crippen molar-refractivity contribution in [3.05, 3.63) is 34.6 Å². The van der Waals surface area contributed by atoms with Gasteiger partial charge in [0.15, 0.2) is 5.78 Å². The summed E-state index contributed by atoms with van der Waals surface area (Å²) in [4.78, 5) is 14.8. The van der Waals surface area contributed by atoms with E-state index >= 15 is 0 Å². The van der Waals surface area contributed by atoms with Crippen molar-refractivity contribution < 1.29 is 9.18 Å². The Balaban J connectivity index is 2.28. The number of piperidine rings is 1. The van der Waals surface area contributed by atoms with Crippen LogP contribution in [0.15, 0.2) is 18.2 Å². The van der Waals surface area contributed by atoms with Gasteiger partial charge in [-0.1, -0.05) is 18.0 Å². The fraction of sp³-hybridized carbons (Fsp3) is 0.533. The third kappa shape index (κ3) is 2.98. The molecule has 1 aliphatic heterocycles. The Morgan fingerprint density at radius 3 is 2.53 bits per heavy atom. The maximum atomic E-state index is 13.3. The predicted octanol–water partition coefficient (Wildman–Crippen LogP) is 3.93. The summed E-state index contributed by atoms with van der Waals surface area (Å²) in [5.41, 5.74) is -0.366. The first kappa shape index (κ1) is 14.5. The predicted molar refractivity (Wildman–Crippen MR) is 75.2 cm³/mol. The summed E-state index contributed by atoms with van der Waals surface area (Å²) in [6.07, 6.45) is 3.42. The molecular formula is C15H19ClFNO. The highest BCUT2D eigenvalue weighted by molar-refractivity contribution is 6.34. The summed E-state index contributed by atoms with van der Waals surface area (Å²) in [6.45, 7) is 5.60. The molecule has 0 N–H and O–H groups in total. The molecule has 0 bridgehead atoms. The Labute approximate surface area is 118 Å². The summed E-state index contributed by atoms with van der Waals surface area (Å²) in [6, 6.07) is 3.94. The van der Waals surface area contributed by atoms with E-state index in [2.05, 4.69) is 4.90 Å². The van der Waals surface area contributed by atoms with Gasteiger partial charge < -0.3 is 0 Å². The van der Waals surface area contributed by atoms with Crippen LogP contribution in [0, 0.1) is 5.82 Å². The van der Waals surface area contributed by atoms with E-state index in [4.69, 9.17) is 11.6 Å². The molecule has 0 saturated carbocycles. The highest BCUT2D eigenvalue weighted by atomic mass is 35.5. The molecule has 1 saturated heterocycles. The standard InChI is InChI=1S/C15H19ClFNO/c1-15(2,18-8-4-3-5-9-18)14(19)12-10-11(17)6-7-13(12)16/h6-7,10H,3-5,8-9H2,1-2H3. The Hall–Kier alpha value is -0.930. The maximum absolute atomic E-state index is 13.3. The van der Waals surface area contributed by atoms with E-state index in [1.54, 1.807) is 0 Å². The second-order valence-corrected chi connectivity index (χ2v) is 5.97. The average Bonchev–Trinajstić information content (AvgIpc) is 2.41. The molecule has 2 nitrogen and oxygen atoms in total. The first-order chi connectivity index (χ1) is 8.93. The number of Topliss-reactive ketones (excluding diaryl/α,β-unsaturated/α-hetero) is 1. The minimum absolute atomic E-state index is 0.112. The van der Waals surface area contributed by atoms with Gasteiger partial charge in [0.05, 0.1) is 10.6 Å². The van der Waals surface area contributed by atoms with Crippen molar-refractivity contribution in [2.24, 2.45) is 0 Å². The SMILES string of the molecule is CC(C)(C(=O)c1cc(F)ccc1Cl)N1CCCCC1. The van der Waals surface area contributed by atoms with Crippen molar-refractivity contribution in [1.82, 2.24) is 4.90 Å². The van der Waals surface area contributed by atoms with E-state index in [9.17, 15) is 9.18 Å². The maximum Gasteiger partial charge on any atom is 0.184 e. The number of nitrogens with zero attached hydrogens (tertiary/aromatic N) is 1. The Bertz CT molecular complexity index is 481. The monoisotopic (exact) mass is 283 g/mol. The zero-order valence-corrected chi connectivity index (χ0v) is 12.1. The molecule has 1 heterocycles. The number of carbonyl (C=O) groups excluding carboxylic acids is 1. The normalized spacial score (nSPS) is 17.5. The number of rotatable bonds is 3. The molecule has 0 amide bonds. The van der Waals surface area contributed by atoms with Gasteiger partial charge in [0.2, 0.25) is 0 Å². The van der Waals surface area contributed by atoms with E-state index in [1.165, 1.54) is 24.6 Å². The first-order valence-corrected chi connectivity index (χ1v) is 7.05. The van der Waals surface area contributed by atoms with Crippen LogP contribution in [0.2, 0.25) is 5.02 Å². The minimum Gasteiger partial charge on any atom is -0.292 e. The van der Waals surface area contributed by atoms with Gasteiger partial charge in [-0.25, -0.2) is 4.39 Å². The number of carbonyl (C=O) groups is 1. The van der Waals surface area contributed by atoms with Gasteiger partial charge in [-0.05, 0) is 58.0 Å². The lowest BCUT2D eigenvalue weighted by Crippen LogP contribution is -2.52. The minimum atomic E-state index is -0.641. The zero-order chi connectivity index (χ0) is 14.0. The highest BCUT2D eigenvalue weighted by Gasteiger charge is 2.36. The molecular weight excluding hydrogens is 265 g/mol. The molecule has 1 aromatic carbocycles. The van der Waals surface area contributed by atoms with Crippen molar-refractivity contribution in [1.29, 1.82) is 0 Å². The molecule has 0 spiro atoms. The van der Waals surface area contributed by atoms with E-state index < -0.39 is 11.4 Å². The van der Waals surface area contributed by atoms with Crippen LogP contribution in [0.25, 0.3) is 0 Å². The van der Waals surface area contributed by atoms with Gasteiger partial charge in [-0.2, -0.15) is 0 Å². The molecule has 0 atom stereocenters. The molecule has 1 aliphatic rings. The molecule has 0 unspecified atom stereocenters. The Kier molecular flexibility index (Phi) is 4.26. The van der Waals surface area contributed by atoms with E-state index in [0.29, 0.717) is 5.02 Å². The Morgan fingerprint density at radius 1 is 1.26 bits per heavy atom. The van der Waals surface area contributed by atoms with Gasteiger partial charge in [0.25, 0.3) is 0 Å². The molecule has 19 heavy (non-hydrogen) atoms. The van der Waals surface area contributed by atoms with Crippen LogP contribution >= 0.6 is 11.6 Å². The van der Waals surface area contributed by atoms with Crippen LogP contribution < -0.4 is 0 Å². The van der Waals surface area contributed by atoms with Crippen LogP contribution in [-0.4, -0.2) is 29.3 Å². The largest absolute Gasteiger partial charge is 0.292 e. The topological polar surface area (TPSA) is 20.3 Å². The number of hydrogen-bond acceptors (Lipinski definition) is 2. The van der Waals surface area contributed by atoms with Crippen molar-refractivity contribution in [2.75, 3.05) is 13.1 Å². The fourth-order valence-electron chi connectivity index (χ4n) is 2.60. The smallest absolute Gasteiger partial charge is 0.184 e. The van der Waals surface area contributed by atoms with Crippen LogP contribution in [0.1, 0.15) is 43.5 Å². The van der Waals surface area contributed by atoms with Gasteiger partial charge in [-0.15, -0.1) is 0 Å². The lowest BCUT2D eigenvalue weighted by molar-refractivity contribution is 0.0579. The number of benzene rings is 1. The summed E-state index contributed by atoms with van der Waals surface area (Å²) >= 11 is 6.03. The molecule has 4 heteroatoms. The summed E-state index contributed by atoms with van der Waals surface area (Å²) in [5.74, 6) is -0.541. The second kappa shape index (κ2) is 5.59. The Morgan fingerprint density at radius 2 is 1.89 bits per heavy atom. The molecule has 0 aromatic heterocycles. The van der Waals surface area contributed by atoms with Crippen molar-refractivity contribution >= 4 is 17.4 Å². The quantitative estimate of drug-likeness (QED) is 0.784. The highest BCUT2D eigenvalue weighted by Crippen LogP contribution is 2.28. The van der Waals surface area contributed by atoms with E-state index in [0.717, 1.165) is 25.9 Å². The second-order valence-electron chi connectivity index (χ2n) is 5.56. The zero-order valence-electron chi connectivity index (χ0n) is 11.4. The number of likely N-dealkylation sites (tertiary alicyclic amines) is 1. The first-order valence-electron chi connectivity index (χ1n) is 6.68. The van der Waals surface area contributed by atoms with Crippen molar-refractivity contribution in [3.63, 3.8) is 0 Å². The lowest BCUT2D eigenvalue weighted by atomic mass is 9.89. The van der Waals surface area contributed by atoms with Crippen LogP contribution in [0.4, 0.5) is 4.39 Å². The van der Waals surface area contributed by atoms with Gasteiger partial charge in [0, 0.05) is 5.56 Å². The van der Waals surface area contributed by atoms with Crippen molar-refractivity contribution in [3.8, 4) is 0 Å². The molecule has 1 aromatic rings. The third-order valence-corrected chi connectivity index (χ3v) is 4.20. The summed E-state index contributed by atoms with van der Waals surface area (Å²) in [5, 5.41) is 0.316. The van der Waals surface area contributed by atoms with Crippen molar-refractivity contribution in [2.45, 2.75) is 38.6 Å². The average molecular weight is 284 g/mol. The van der Waals surface area contributed by atoms with Gasteiger partial charge in [-0.3, -0.25) is 9.69 Å². The summed E-state index contributed by atoms with van der Waals surface area (Å²) < 4.78 is 13.3. The van der Waals surface area contributed by atoms with Gasteiger partial charge >= 0.3 is 0 Å². The molecule has 1 fully saturated rings. The number of halogens is 2. The molecule has 0 aliphatic carbocycles. The van der Waals surface area contributed by atoms with Crippen LogP contribution in [0.3, 0.4) is 0 Å². The lowest BCUT2D eigenvalue weighted by Gasteiger charge is -2.39. The summed E-state index contributed by atoms with van der Waals surface area (Å²) in [7, 11) is 0. The van der Waals surface area contributed by atoms with E-state index in [1.807, 2.05) is 13.8 Å².